The molecular formula is C28H42N6O4S. The third-order valence-electron chi connectivity index (χ3n) is 5.80. The highest BCUT2D eigenvalue weighted by Gasteiger charge is 2.28. The average molecular weight is 559 g/mol. The number of thiazole rings is 1. The molecule has 0 bridgehead atoms. The third-order valence-corrected chi connectivity index (χ3v) is 6.56. The van der Waals surface area contributed by atoms with Crippen LogP contribution >= 0.6 is 11.3 Å². The number of methoxy groups -OCH3 is 1. The third kappa shape index (κ3) is 8.87. The Bertz CT molecular complexity index is 1180. The molecule has 4 rings (SSSR count). The van der Waals surface area contributed by atoms with Gasteiger partial charge in [0.25, 0.3) is 11.8 Å². The van der Waals surface area contributed by atoms with Gasteiger partial charge in [-0.1, -0.05) is 33.8 Å². The molecule has 0 radical (unpaired) electrons. The van der Waals surface area contributed by atoms with Gasteiger partial charge >= 0.3 is 0 Å². The van der Waals surface area contributed by atoms with Crippen molar-refractivity contribution in [3.05, 3.63) is 47.6 Å². The van der Waals surface area contributed by atoms with Gasteiger partial charge in [-0.3, -0.25) is 9.59 Å². The van der Waals surface area contributed by atoms with Crippen LogP contribution in [0.3, 0.4) is 0 Å². The fraction of sp³-hybridized carbons (Fsp3) is 0.500. The van der Waals surface area contributed by atoms with Crippen molar-refractivity contribution in [2.75, 3.05) is 37.0 Å². The van der Waals surface area contributed by atoms with Gasteiger partial charge < -0.3 is 29.6 Å². The molecular weight excluding hydrogens is 516 g/mol. The number of anilines is 2. The lowest BCUT2D eigenvalue weighted by molar-refractivity contribution is -0.120. The average Bonchev–Trinajstić information content (AvgIpc) is 3.62. The molecule has 11 heteroatoms. The number of carbonyl (C=O) groups excluding carboxylic acids is 2. The molecule has 10 nitrogen and oxygen atoms in total. The fourth-order valence-corrected chi connectivity index (χ4v) is 4.50. The molecule has 1 saturated heterocycles. The van der Waals surface area contributed by atoms with Gasteiger partial charge in [-0.2, -0.15) is 0 Å². The van der Waals surface area contributed by atoms with Crippen LogP contribution in [0.1, 0.15) is 51.9 Å². The van der Waals surface area contributed by atoms with Crippen LogP contribution in [0, 0.1) is 0 Å². The molecule has 0 spiro atoms. The van der Waals surface area contributed by atoms with Crippen molar-refractivity contribution in [2.24, 2.45) is 7.05 Å². The SMILES string of the molecule is CC.CC.COC(C)C(NC(=O)c1ccn(C)c1)C(=O)Nc1nc(-c2cccc(N3CCO[C@H](C)C3)n2)cs1. The van der Waals surface area contributed by atoms with Crippen molar-refractivity contribution in [3.8, 4) is 11.4 Å². The summed E-state index contributed by atoms with van der Waals surface area (Å²) in [5, 5.41) is 7.83. The van der Waals surface area contributed by atoms with E-state index in [1.54, 1.807) is 30.0 Å². The maximum absolute atomic E-state index is 13.0. The first-order chi connectivity index (χ1) is 18.8. The molecule has 1 fully saturated rings. The van der Waals surface area contributed by atoms with Gasteiger partial charge in [-0.05, 0) is 32.0 Å². The van der Waals surface area contributed by atoms with Gasteiger partial charge in [-0.25, -0.2) is 9.97 Å². The number of ether oxygens (including phenoxy) is 2. The monoisotopic (exact) mass is 558 g/mol. The van der Waals surface area contributed by atoms with Crippen LogP contribution in [0.4, 0.5) is 10.9 Å². The number of nitrogens with zero attached hydrogens (tertiary/aromatic N) is 4. The normalized spacial score (nSPS) is 16.1. The molecule has 3 aromatic rings. The van der Waals surface area contributed by atoms with E-state index >= 15 is 0 Å². The van der Waals surface area contributed by atoms with Crippen LogP contribution < -0.4 is 15.5 Å². The number of rotatable bonds is 8. The molecule has 1 aliphatic heterocycles. The quantitative estimate of drug-likeness (QED) is 0.416. The van der Waals surface area contributed by atoms with Crippen LogP contribution in [0.5, 0.6) is 0 Å². The van der Waals surface area contributed by atoms with Crippen molar-refractivity contribution in [2.45, 2.75) is 59.8 Å². The Morgan fingerprint density at radius 2 is 1.90 bits per heavy atom. The summed E-state index contributed by atoms with van der Waals surface area (Å²) in [5.41, 5.74) is 1.85. The minimum atomic E-state index is -0.898. The minimum Gasteiger partial charge on any atom is -0.379 e. The van der Waals surface area contributed by atoms with E-state index in [1.165, 1.54) is 18.4 Å². The molecule has 0 aliphatic carbocycles. The number of morpholine rings is 1. The summed E-state index contributed by atoms with van der Waals surface area (Å²) in [7, 11) is 3.32. The van der Waals surface area contributed by atoms with Crippen LogP contribution in [-0.4, -0.2) is 71.4 Å². The summed E-state index contributed by atoms with van der Waals surface area (Å²) in [6, 6.07) is 6.61. The predicted molar refractivity (Wildman–Crippen MR) is 157 cm³/mol. The van der Waals surface area contributed by atoms with Gasteiger partial charge in [-0.15, -0.1) is 11.3 Å². The number of carbonyl (C=O) groups is 2. The largest absolute Gasteiger partial charge is 0.379 e. The Hall–Kier alpha value is -3.28. The van der Waals surface area contributed by atoms with Gasteiger partial charge in [0.15, 0.2) is 5.13 Å². The Morgan fingerprint density at radius 1 is 1.15 bits per heavy atom. The summed E-state index contributed by atoms with van der Waals surface area (Å²) in [6.07, 6.45) is 3.06. The Morgan fingerprint density at radius 3 is 2.54 bits per heavy atom. The molecule has 39 heavy (non-hydrogen) atoms. The molecule has 2 amide bonds. The Balaban J connectivity index is 0.00000127. The summed E-state index contributed by atoms with van der Waals surface area (Å²) in [5.74, 6) is 0.107. The summed E-state index contributed by atoms with van der Waals surface area (Å²) >= 11 is 1.30. The van der Waals surface area contributed by atoms with Crippen LogP contribution in [0.15, 0.2) is 42.0 Å². The van der Waals surface area contributed by atoms with Crippen LogP contribution in [0.2, 0.25) is 0 Å². The summed E-state index contributed by atoms with van der Waals surface area (Å²) < 4.78 is 12.7. The molecule has 0 saturated carbocycles. The highest BCUT2D eigenvalue weighted by atomic mass is 32.1. The van der Waals surface area contributed by atoms with Crippen LogP contribution in [0.25, 0.3) is 11.4 Å². The van der Waals surface area contributed by atoms with Crippen molar-refractivity contribution in [3.63, 3.8) is 0 Å². The Labute approximate surface area is 235 Å². The van der Waals surface area contributed by atoms with Gasteiger partial charge in [0.2, 0.25) is 0 Å². The van der Waals surface area contributed by atoms with Gasteiger partial charge in [0.05, 0.1) is 30.1 Å². The highest BCUT2D eigenvalue weighted by molar-refractivity contribution is 7.14. The minimum absolute atomic E-state index is 0.153. The molecule has 4 heterocycles. The molecule has 0 aromatic carbocycles. The van der Waals surface area contributed by atoms with E-state index in [2.05, 4.69) is 20.5 Å². The smallest absolute Gasteiger partial charge is 0.253 e. The maximum atomic E-state index is 13.0. The second kappa shape index (κ2) is 16.0. The fourth-order valence-electron chi connectivity index (χ4n) is 3.79. The zero-order valence-corrected chi connectivity index (χ0v) is 25.0. The van der Waals surface area contributed by atoms with E-state index in [-0.39, 0.29) is 12.0 Å². The van der Waals surface area contributed by atoms with E-state index in [1.807, 2.05) is 65.2 Å². The highest BCUT2D eigenvalue weighted by Crippen LogP contribution is 2.26. The first-order valence-electron chi connectivity index (χ1n) is 13.4. The van der Waals surface area contributed by atoms with E-state index in [0.717, 1.165) is 24.6 Å². The number of aromatic nitrogens is 3. The number of aryl methyl sites for hydroxylation is 1. The predicted octanol–water partition coefficient (Wildman–Crippen LogP) is 4.59. The van der Waals surface area contributed by atoms with Gasteiger partial charge in [0, 0.05) is 45.0 Å². The first-order valence-corrected chi connectivity index (χ1v) is 14.3. The second-order valence-electron chi connectivity index (χ2n) is 8.49. The number of hydrogen-bond acceptors (Lipinski definition) is 8. The zero-order valence-electron chi connectivity index (χ0n) is 24.2. The lowest BCUT2D eigenvalue weighted by Gasteiger charge is -2.32. The Kier molecular flexibility index (Phi) is 13.1. The summed E-state index contributed by atoms with van der Waals surface area (Å²) in [4.78, 5) is 37.2. The number of nitrogens with one attached hydrogen (secondary N) is 2. The van der Waals surface area contributed by atoms with Crippen molar-refractivity contribution >= 4 is 34.1 Å². The molecule has 214 valence electrons. The molecule has 1 aliphatic rings. The van der Waals surface area contributed by atoms with Crippen molar-refractivity contribution in [1.82, 2.24) is 19.9 Å². The lowest BCUT2D eigenvalue weighted by Crippen LogP contribution is -2.50. The van der Waals surface area contributed by atoms with Gasteiger partial charge in [0.1, 0.15) is 17.6 Å². The molecule has 2 unspecified atom stereocenters. The van der Waals surface area contributed by atoms with Crippen molar-refractivity contribution in [1.29, 1.82) is 0 Å². The molecule has 3 atom stereocenters. The van der Waals surface area contributed by atoms with E-state index in [4.69, 9.17) is 14.5 Å². The second-order valence-corrected chi connectivity index (χ2v) is 9.35. The molecule has 2 N–H and O–H groups in total. The number of pyridine rings is 1. The summed E-state index contributed by atoms with van der Waals surface area (Å²) in [6.45, 7) is 14.0. The van der Waals surface area contributed by atoms with Crippen molar-refractivity contribution < 1.29 is 19.1 Å². The molecule has 3 aromatic heterocycles. The lowest BCUT2D eigenvalue weighted by atomic mass is 10.1. The zero-order chi connectivity index (χ0) is 28.9. The van der Waals surface area contributed by atoms with E-state index in [9.17, 15) is 9.59 Å². The standard InChI is InChI=1S/C24H30N6O4S.2C2H6/c1-15-12-30(10-11-34-15)20-7-5-6-18(25-20)19-14-35-24(26-19)28-23(32)21(16(2)33-4)27-22(31)17-8-9-29(3)13-17;2*1-2/h5-9,13-16,21H,10-12H2,1-4H3,(H,27,31)(H,26,28,32);2*1-2H3/t15-,16?,21?;;/m1../s1. The first kappa shape index (κ1) is 31.9. The van der Waals surface area contributed by atoms with E-state index < -0.39 is 18.1 Å². The van der Waals surface area contributed by atoms with E-state index in [0.29, 0.717) is 23.0 Å². The number of hydrogen-bond donors (Lipinski definition) is 2. The topological polar surface area (TPSA) is 111 Å². The number of amides is 2. The maximum Gasteiger partial charge on any atom is 0.253 e. The van der Waals surface area contributed by atoms with Crippen LogP contribution in [-0.2, 0) is 21.3 Å².